The molecule has 2 aromatic carbocycles. The van der Waals surface area contributed by atoms with Crippen molar-refractivity contribution in [1.29, 1.82) is 0 Å². The summed E-state index contributed by atoms with van der Waals surface area (Å²) in [5.74, 6) is 1.28. The average molecular weight is 549 g/mol. The van der Waals surface area contributed by atoms with E-state index in [1.54, 1.807) is 0 Å². The van der Waals surface area contributed by atoms with Crippen LogP contribution in [0.4, 0.5) is 5.69 Å². The first-order valence-corrected chi connectivity index (χ1v) is 12.4. The molecule has 5 rings (SSSR count). The Labute approximate surface area is 201 Å². The van der Waals surface area contributed by atoms with Gasteiger partial charge in [-0.3, -0.25) is 15.2 Å². The number of hydrogen-bond acceptors (Lipinski definition) is 4. The van der Waals surface area contributed by atoms with Crippen molar-refractivity contribution in [2.45, 2.75) is 32.2 Å². The monoisotopic (exact) mass is 548 g/mol. The van der Waals surface area contributed by atoms with E-state index >= 15 is 0 Å². The zero-order valence-electron chi connectivity index (χ0n) is 17.5. The molecule has 1 saturated heterocycles. The molecule has 0 aromatic heterocycles. The van der Waals surface area contributed by atoms with Gasteiger partial charge in [-0.25, -0.2) is 5.01 Å². The molecule has 2 fully saturated rings. The second kappa shape index (κ2) is 8.71. The molecule has 162 valence electrons. The zero-order valence-corrected chi connectivity index (χ0v) is 20.4. The molecule has 3 aliphatic rings. The van der Waals surface area contributed by atoms with Gasteiger partial charge in [0, 0.05) is 22.6 Å². The highest BCUT2D eigenvalue weighted by Gasteiger charge is 2.42. The van der Waals surface area contributed by atoms with E-state index in [2.05, 4.69) is 64.2 Å². The fraction of sp³-hybridized carbons (Fsp3) is 0.417. The van der Waals surface area contributed by atoms with Crippen LogP contribution in [0.2, 0.25) is 5.02 Å². The van der Waals surface area contributed by atoms with Gasteiger partial charge in [-0.1, -0.05) is 49.2 Å². The van der Waals surface area contributed by atoms with Gasteiger partial charge in [-0.2, -0.15) is 5.10 Å². The van der Waals surface area contributed by atoms with Gasteiger partial charge >= 0.3 is 0 Å². The summed E-state index contributed by atoms with van der Waals surface area (Å²) in [6.45, 7) is 3.98. The number of nitrogens with zero attached hydrogens (tertiary/aromatic N) is 3. The number of carbonyl (C=O) groups is 1. The molecule has 31 heavy (non-hydrogen) atoms. The first-order valence-electron chi connectivity index (χ1n) is 10.9. The van der Waals surface area contributed by atoms with Crippen molar-refractivity contribution in [3.8, 4) is 0 Å². The topological polar surface area (TPSA) is 47.9 Å². The third kappa shape index (κ3) is 4.10. The molecule has 0 spiro atoms. The number of benzene rings is 2. The molecular weight excluding hydrogens is 523 g/mol. The van der Waals surface area contributed by atoms with Gasteiger partial charge in [0.25, 0.3) is 5.91 Å². The average Bonchev–Trinajstić information content (AvgIpc) is 3.43. The van der Waals surface area contributed by atoms with Crippen molar-refractivity contribution < 1.29 is 4.79 Å². The molecule has 1 saturated carbocycles. The van der Waals surface area contributed by atoms with E-state index in [9.17, 15) is 4.79 Å². The maximum absolute atomic E-state index is 13.3. The van der Waals surface area contributed by atoms with Crippen molar-refractivity contribution in [3.63, 3.8) is 0 Å². The summed E-state index contributed by atoms with van der Waals surface area (Å²) in [7, 11) is 0. The molecule has 2 aliphatic heterocycles. The Hall–Kier alpha value is -1.64. The fourth-order valence-electron chi connectivity index (χ4n) is 5.34. The van der Waals surface area contributed by atoms with Crippen LogP contribution in [-0.4, -0.2) is 29.7 Å². The number of carbonyl (C=O) groups excluding carboxylic acids is 1. The van der Waals surface area contributed by atoms with Crippen molar-refractivity contribution >= 4 is 51.5 Å². The van der Waals surface area contributed by atoms with Crippen molar-refractivity contribution in [2.75, 3.05) is 18.1 Å². The Morgan fingerprint density at radius 2 is 1.77 bits per heavy atom. The summed E-state index contributed by atoms with van der Waals surface area (Å²) in [6, 6.07) is 16.0. The lowest BCUT2D eigenvalue weighted by molar-refractivity contribution is -0.119. The van der Waals surface area contributed by atoms with Crippen LogP contribution >= 0.6 is 34.2 Å². The molecule has 0 radical (unpaired) electrons. The number of rotatable bonds is 4. The summed E-state index contributed by atoms with van der Waals surface area (Å²) in [4.78, 5) is 13.3. The van der Waals surface area contributed by atoms with E-state index in [0.717, 1.165) is 36.2 Å². The Balaban J connectivity index is 1.43. The lowest BCUT2D eigenvalue weighted by Gasteiger charge is -2.27. The van der Waals surface area contributed by atoms with Crippen LogP contribution in [0.5, 0.6) is 0 Å². The molecule has 1 aliphatic carbocycles. The molecule has 4 atom stereocenters. The Morgan fingerprint density at radius 1 is 1.10 bits per heavy atom. The largest absolute Gasteiger partial charge is 0.284 e. The molecule has 2 aromatic rings. The summed E-state index contributed by atoms with van der Waals surface area (Å²) in [5.41, 5.74) is 5.64. The van der Waals surface area contributed by atoms with E-state index in [-0.39, 0.29) is 17.9 Å². The maximum Gasteiger partial charge on any atom is 0.282 e. The number of hydrazone groups is 1. The first-order chi connectivity index (χ1) is 15.0. The van der Waals surface area contributed by atoms with Crippen LogP contribution in [0, 0.1) is 21.3 Å². The van der Waals surface area contributed by atoms with Gasteiger partial charge in [-0.05, 0) is 77.1 Å². The Bertz CT molecular complexity index is 999. The number of halogens is 2. The van der Waals surface area contributed by atoms with Crippen LogP contribution in [0.25, 0.3) is 0 Å². The van der Waals surface area contributed by atoms with Gasteiger partial charge in [0.05, 0.1) is 16.8 Å². The quantitative estimate of drug-likeness (QED) is 0.530. The molecular formula is C24H26ClIN4O. The van der Waals surface area contributed by atoms with Gasteiger partial charge < -0.3 is 0 Å². The number of amides is 1. The summed E-state index contributed by atoms with van der Waals surface area (Å²) in [5, 5.41) is 9.47. The number of fused-ring (bicyclic) bond motifs is 1. The Kier molecular flexibility index (Phi) is 5.96. The Morgan fingerprint density at radius 3 is 2.45 bits per heavy atom. The minimum atomic E-state index is -0.0995. The first kappa shape index (κ1) is 21.2. The highest BCUT2D eigenvalue weighted by Crippen LogP contribution is 2.42. The van der Waals surface area contributed by atoms with Gasteiger partial charge in [0.2, 0.25) is 0 Å². The van der Waals surface area contributed by atoms with Crippen LogP contribution in [0.15, 0.2) is 53.6 Å². The lowest BCUT2D eigenvalue weighted by Crippen LogP contribution is -2.45. The molecule has 7 heteroatoms. The predicted octanol–water partition coefficient (Wildman–Crippen LogP) is 5.26. The third-order valence-electron chi connectivity index (χ3n) is 6.91. The zero-order chi connectivity index (χ0) is 21.5. The molecule has 1 N–H and O–H groups in total. The number of hydrazine groups is 1. The molecule has 2 unspecified atom stereocenters. The normalized spacial score (nSPS) is 28.0. The third-order valence-corrected chi connectivity index (χ3v) is 7.95. The maximum atomic E-state index is 13.3. The molecule has 1 amide bonds. The minimum Gasteiger partial charge on any atom is -0.284 e. The molecule has 2 heterocycles. The minimum absolute atomic E-state index is 0.0709. The molecule has 5 nitrogen and oxygen atoms in total. The van der Waals surface area contributed by atoms with Crippen molar-refractivity contribution in [1.82, 2.24) is 10.4 Å². The highest BCUT2D eigenvalue weighted by atomic mass is 127. The SMILES string of the molecule is C[C@H]1C(C(=O)NN2CC3CCCC3C2)=NN(c2ccccc2Cl)[C@H]1c1ccc(I)cc1. The summed E-state index contributed by atoms with van der Waals surface area (Å²) in [6.07, 6.45) is 3.89. The predicted molar refractivity (Wildman–Crippen MR) is 133 cm³/mol. The van der Waals surface area contributed by atoms with Gasteiger partial charge in [0.15, 0.2) is 0 Å². The summed E-state index contributed by atoms with van der Waals surface area (Å²) >= 11 is 8.84. The highest BCUT2D eigenvalue weighted by molar-refractivity contribution is 14.1. The van der Waals surface area contributed by atoms with Gasteiger partial charge in [-0.15, -0.1) is 0 Å². The number of anilines is 1. The lowest BCUT2D eigenvalue weighted by atomic mass is 9.91. The van der Waals surface area contributed by atoms with Crippen molar-refractivity contribution in [2.24, 2.45) is 22.9 Å². The van der Waals surface area contributed by atoms with Crippen LogP contribution < -0.4 is 10.4 Å². The fourth-order valence-corrected chi connectivity index (χ4v) is 5.92. The molecule has 0 bridgehead atoms. The standard InChI is InChI=1S/C24H26ClIN4O/c1-15-22(24(31)28-29-13-17-5-4-6-18(17)14-29)27-30(21-8-3-2-7-20(21)25)23(15)16-9-11-19(26)12-10-16/h2-3,7-12,15,17-18,23H,4-6,13-14H2,1H3,(H,28,31)/t15-,17?,18?,23+/m0/s1. The van der Waals surface area contributed by atoms with E-state index in [4.69, 9.17) is 16.7 Å². The number of para-hydroxylation sites is 1. The van der Waals surface area contributed by atoms with Crippen LogP contribution in [0.1, 0.15) is 37.8 Å². The number of nitrogens with one attached hydrogen (secondary N) is 1. The van der Waals surface area contributed by atoms with Gasteiger partial charge in [0.1, 0.15) is 5.71 Å². The van der Waals surface area contributed by atoms with E-state index in [1.807, 2.05) is 29.3 Å². The second-order valence-electron chi connectivity index (χ2n) is 8.86. The van der Waals surface area contributed by atoms with Crippen LogP contribution in [-0.2, 0) is 4.79 Å². The van der Waals surface area contributed by atoms with Crippen LogP contribution in [0.3, 0.4) is 0 Å². The number of hydrogen-bond donors (Lipinski definition) is 1. The second-order valence-corrected chi connectivity index (χ2v) is 10.5. The van der Waals surface area contributed by atoms with E-state index in [1.165, 1.54) is 22.8 Å². The smallest absolute Gasteiger partial charge is 0.282 e. The van der Waals surface area contributed by atoms with Crippen molar-refractivity contribution in [3.05, 3.63) is 62.7 Å². The van der Waals surface area contributed by atoms with E-state index in [0.29, 0.717) is 10.7 Å². The van der Waals surface area contributed by atoms with E-state index < -0.39 is 0 Å². The summed E-state index contributed by atoms with van der Waals surface area (Å²) < 4.78 is 1.18.